The molecule has 1 saturated carbocycles. The van der Waals surface area contributed by atoms with E-state index in [1.54, 1.807) is 0 Å². The summed E-state index contributed by atoms with van der Waals surface area (Å²) in [6.45, 7) is 1.27. The molecule has 0 spiro atoms. The highest BCUT2D eigenvalue weighted by Crippen LogP contribution is 2.48. The number of hydrazone groups is 1. The van der Waals surface area contributed by atoms with Gasteiger partial charge in [-0.1, -0.05) is 29.6 Å². The van der Waals surface area contributed by atoms with E-state index in [2.05, 4.69) is 5.10 Å². The van der Waals surface area contributed by atoms with Gasteiger partial charge >= 0.3 is 6.18 Å². The van der Waals surface area contributed by atoms with E-state index in [4.69, 9.17) is 27.9 Å². The van der Waals surface area contributed by atoms with E-state index >= 15 is 0 Å². The molecule has 5 nitrogen and oxygen atoms in total. The molecule has 10 heteroatoms. The van der Waals surface area contributed by atoms with E-state index in [-0.39, 0.29) is 27.9 Å². The molecule has 1 aromatic carbocycles. The molecule has 0 bridgehead atoms. The van der Waals surface area contributed by atoms with Crippen molar-refractivity contribution < 1.29 is 27.8 Å². The lowest BCUT2D eigenvalue weighted by molar-refractivity contribution is -0.318. The van der Waals surface area contributed by atoms with Crippen LogP contribution in [0.5, 0.6) is 5.75 Å². The van der Waals surface area contributed by atoms with Gasteiger partial charge in [0.2, 0.25) is 0 Å². The average Bonchev–Trinajstić information content (AvgIpc) is 2.91. The van der Waals surface area contributed by atoms with Crippen LogP contribution in [0.2, 0.25) is 10.0 Å². The zero-order chi connectivity index (χ0) is 20.0. The zero-order valence-corrected chi connectivity index (χ0v) is 15.8. The molecule has 1 amide bonds. The van der Waals surface area contributed by atoms with Crippen LogP contribution >= 0.6 is 23.2 Å². The van der Waals surface area contributed by atoms with Crippen molar-refractivity contribution >= 4 is 34.8 Å². The highest BCUT2D eigenvalue weighted by molar-refractivity contribution is 6.35. The maximum atomic E-state index is 13.7. The molecular weight excluding hydrogens is 408 g/mol. The number of benzene rings is 1. The maximum Gasteiger partial charge on any atom is 0.439 e. The predicted octanol–water partition coefficient (Wildman–Crippen LogP) is 4.40. The van der Waals surface area contributed by atoms with Gasteiger partial charge in [-0.05, 0) is 44.4 Å². The minimum atomic E-state index is -5.06. The Bertz CT molecular complexity index is 787. The van der Waals surface area contributed by atoms with Crippen LogP contribution in [0, 0.1) is 5.92 Å². The monoisotopic (exact) mass is 424 g/mol. The third-order valence-corrected chi connectivity index (χ3v) is 5.32. The third-order valence-electron chi connectivity index (χ3n) is 4.79. The number of alkyl halides is 3. The Labute approximate surface area is 163 Å². The van der Waals surface area contributed by atoms with Gasteiger partial charge < -0.3 is 9.84 Å². The fraction of sp³-hybridized carbons (Fsp3) is 0.529. The zero-order valence-electron chi connectivity index (χ0n) is 14.3. The second kappa shape index (κ2) is 7.14. The Morgan fingerprint density at radius 3 is 2.74 bits per heavy atom. The molecule has 0 unspecified atom stereocenters. The molecule has 1 aromatic rings. The van der Waals surface area contributed by atoms with Gasteiger partial charge in [-0.15, -0.1) is 0 Å². The third kappa shape index (κ3) is 3.50. The normalized spacial score (nSPS) is 26.4. The minimum absolute atomic E-state index is 0.0849. The molecule has 1 aliphatic heterocycles. The lowest BCUT2D eigenvalue weighted by atomic mass is 9.80. The number of amides is 1. The SMILES string of the molecule is C[C@H](Oc1ccc(Cl)cc1Cl)C(=O)N1N=C2CCCC[C@@H]2[C@@]1(O)C(F)(F)F. The summed E-state index contributed by atoms with van der Waals surface area (Å²) >= 11 is 11.8. The van der Waals surface area contributed by atoms with Crippen LogP contribution in [0.15, 0.2) is 23.3 Å². The van der Waals surface area contributed by atoms with Crippen molar-refractivity contribution in [3.8, 4) is 5.75 Å². The van der Waals surface area contributed by atoms with Crippen LogP contribution in [-0.4, -0.2) is 39.7 Å². The molecule has 148 valence electrons. The first-order valence-electron chi connectivity index (χ1n) is 8.38. The first-order valence-corrected chi connectivity index (χ1v) is 9.13. The molecule has 27 heavy (non-hydrogen) atoms. The quantitative estimate of drug-likeness (QED) is 0.781. The van der Waals surface area contributed by atoms with Crippen LogP contribution in [0.4, 0.5) is 13.2 Å². The van der Waals surface area contributed by atoms with Gasteiger partial charge in [0.1, 0.15) is 5.75 Å². The van der Waals surface area contributed by atoms with Crippen molar-refractivity contribution in [1.82, 2.24) is 5.01 Å². The van der Waals surface area contributed by atoms with Crippen LogP contribution in [0.1, 0.15) is 32.6 Å². The van der Waals surface area contributed by atoms with E-state index < -0.39 is 29.8 Å². The summed E-state index contributed by atoms with van der Waals surface area (Å²) in [6, 6.07) is 4.25. The van der Waals surface area contributed by atoms with Crippen LogP contribution in [0.3, 0.4) is 0 Å². The van der Waals surface area contributed by atoms with E-state index in [0.717, 1.165) is 0 Å². The van der Waals surface area contributed by atoms with Crippen molar-refractivity contribution in [2.75, 3.05) is 0 Å². The molecule has 0 radical (unpaired) electrons. The van der Waals surface area contributed by atoms with E-state index in [9.17, 15) is 23.1 Å². The molecule has 0 saturated heterocycles. The topological polar surface area (TPSA) is 62.1 Å². The van der Waals surface area contributed by atoms with Crippen molar-refractivity contribution in [1.29, 1.82) is 0 Å². The van der Waals surface area contributed by atoms with Crippen molar-refractivity contribution in [3.05, 3.63) is 28.2 Å². The number of halogens is 5. The number of aliphatic hydroxyl groups is 1. The summed E-state index contributed by atoms with van der Waals surface area (Å²) in [5.74, 6) is -2.29. The standard InChI is InChI=1S/C17H17Cl2F3N2O3/c1-9(27-14-7-6-10(18)8-12(14)19)15(25)24-16(26,17(20,21)22)11-4-2-3-5-13(11)23-24/h6-9,11,26H,2-5H2,1H3/t9-,11-,16+/m0/s1. The number of rotatable bonds is 3. The van der Waals surface area contributed by atoms with Crippen LogP contribution in [0.25, 0.3) is 0 Å². The molecule has 1 N–H and O–H groups in total. The predicted molar refractivity (Wildman–Crippen MR) is 93.8 cm³/mol. The Balaban J connectivity index is 1.88. The number of carbonyl (C=O) groups excluding carboxylic acids is 1. The number of hydrogen-bond donors (Lipinski definition) is 1. The van der Waals surface area contributed by atoms with Gasteiger partial charge in [0.05, 0.1) is 10.9 Å². The number of hydrogen-bond acceptors (Lipinski definition) is 4. The Morgan fingerprint density at radius 2 is 2.11 bits per heavy atom. The van der Waals surface area contributed by atoms with Gasteiger partial charge in [0.25, 0.3) is 11.6 Å². The summed E-state index contributed by atoms with van der Waals surface area (Å²) in [6.07, 6.45) is -4.81. The molecule has 3 rings (SSSR count). The number of carbonyl (C=O) groups is 1. The van der Waals surface area contributed by atoms with Gasteiger partial charge in [-0.3, -0.25) is 4.79 Å². The van der Waals surface area contributed by atoms with E-state index in [1.165, 1.54) is 25.1 Å². The largest absolute Gasteiger partial charge is 0.479 e. The summed E-state index contributed by atoms with van der Waals surface area (Å²) in [7, 11) is 0. The molecule has 1 heterocycles. The molecular formula is C17H17Cl2F3N2O3. The second-order valence-corrected chi connectivity index (χ2v) is 7.44. The first kappa shape index (κ1) is 20.2. The van der Waals surface area contributed by atoms with Gasteiger partial charge in [0.15, 0.2) is 6.10 Å². The highest BCUT2D eigenvalue weighted by Gasteiger charge is 2.68. The Morgan fingerprint density at radius 1 is 1.41 bits per heavy atom. The van der Waals surface area contributed by atoms with E-state index in [1.807, 2.05) is 0 Å². The maximum absolute atomic E-state index is 13.7. The molecule has 0 aromatic heterocycles. The first-order chi connectivity index (χ1) is 12.6. The lowest BCUT2D eigenvalue weighted by Gasteiger charge is -2.38. The summed E-state index contributed by atoms with van der Waals surface area (Å²) in [5.41, 5.74) is -3.19. The molecule has 1 fully saturated rings. The van der Waals surface area contributed by atoms with Gasteiger partial charge in [-0.25, -0.2) is 0 Å². The lowest BCUT2D eigenvalue weighted by Crippen LogP contribution is -2.62. The van der Waals surface area contributed by atoms with Crippen molar-refractivity contribution in [2.24, 2.45) is 11.0 Å². The minimum Gasteiger partial charge on any atom is -0.479 e. The molecule has 2 aliphatic rings. The number of nitrogens with zero attached hydrogens (tertiary/aromatic N) is 2. The van der Waals surface area contributed by atoms with Crippen molar-refractivity contribution in [2.45, 2.75) is 50.6 Å². The highest BCUT2D eigenvalue weighted by atomic mass is 35.5. The fourth-order valence-corrected chi connectivity index (χ4v) is 3.87. The van der Waals surface area contributed by atoms with Crippen molar-refractivity contribution in [3.63, 3.8) is 0 Å². The number of fused-ring (bicyclic) bond motifs is 1. The molecule has 3 atom stereocenters. The van der Waals surface area contributed by atoms with Gasteiger partial charge in [0, 0.05) is 10.7 Å². The fourth-order valence-electron chi connectivity index (χ4n) is 3.42. The second-order valence-electron chi connectivity index (χ2n) is 6.60. The summed E-state index contributed by atoms with van der Waals surface area (Å²) in [4.78, 5) is 12.7. The summed E-state index contributed by atoms with van der Waals surface area (Å²) < 4.78 is 46.6. The Hall–Kier alpha value is -1.51. The van der Waals surface area contributed by atoms with Crippen LogP contribution < -0.4 is 4.74 Å². The number of ether oxygens (including phenoxy) is 1. The van der Waals surface area contributed by atoms with Gasteiger partial charge in [-0.2, -0.15) is 23.3 Å². The average molecular weight is 425 g/mol. The Kier molecular flexibility index (Phi) is 5.35. The summed E-state index contributed by atoms with van der Waals surface area (Å²) in [5, 5.41) is 14.9. The van der Waals surface area contributed by atoms with Crippen LogP contribution in [-0.2, 0) is 4.79 Å². The molecule has 1 aliphatic carbocycles. The smallest absolute Gasteiger partial charge is 0.439 e. The van der Waals surface area contributed by atoms with E-state index in [0.29, 0.717) is 24.3 Å².